The van der Waals surface area contributed by atoms with Crippen molar-refractivity contribution in [3.8, 4) is 11.1 Å². The summed E-state index contributed by atoms with van der Waals surface area (Å²) in [6, 6.07) is 16.8. The molecular formula is C32H49N3O3. The lowest BCUT2D eigenvalue weighted by atomic mass is 9.72. The highest BCUT2D eigenvalue weighted by Gasteiger charge is 2.42. The Morgan fingerprint density at radius 3 is 2.58 bits per heavy atom. The number of hydrogen-bond donors (Lipinski definition) is 3. The number of benzene rings is 2. The number of nitrogens with zero attached hydrogens (tertiary/aromatic N) is 1. The Morgan fingerprint density at radius 2 is 1.89 bits per heavy atom. The Kier molecular flexibility index (Phi) is 11.6. The van der Waals surface area contributed by atoms with Gasteiger partial charge in [-0.05, 0) is 75.1 Å². The summed E-state index contributed by atoms with van der Waals surface area (Å²) < 4.78 is 5.30. The molecule has 0 saturated carbocycles. The maximum absolute atomic E-state index is 13.4. The van der Waals surface area contributed by atoms with Crippen LogP contribution in [0.5, 0.6) is 0 Å². The summed E-state index contributed by atoms with van der Waals surface area (Å²) in [5.74, 6) is 0.446. The summed E-state index contributed by atoms with van der Waals surface area (Å²) in [4.78, 5) is 15.3. The zero-order chi connectivity index (χ0) is 27.5. The van der Waals surface area contributed by atoms with Crippen LogP contribution in [0, 0.1) is 18.8 Å². The maximum atomic E-state index is 13.4. The fourth-order valence-electron chi connectivity index (χ4n) is 5.87. The van der Waals surface area contributed by atoms with Crippen molar-refractivity contribution in [2.75, 3.05) is 40.4 Å². The second kappa shape index (κ2) is 14.7. The third-order valence-electron chi connectivity index (χ3n) is 7.83. The smallest absolute Gasteiger partial charge is 0.317 e. The molecule has 2 aromatic rings. The number of aliphatic hydroxyl groups is 1. The number of carbonyl (C=O) groups is 1. The second-order valence-electron chi connectivity index (χ2n) is 11.4. The van der Waals surface area contributed by atoms with Gasteiger partial charge in [0.05, 0.1) is 5.60 Å². The van der Waals surface area contributed by atoms with Crippen molar-refractivity contribution in [1.29, 1.82) is 0 Å². The lowest BCUT2D eigenvalue weighted by molar-refractivity contribution is -0.0559. The number of nitrogens with one attached hydrogen (secondary N) is 2. The standard InChI is InChI=1S/C32H49N3O3/c1-24(2)21-28(22-33-4)34-31(36)35-19-10-11-27(23-35)32(37,18-8-9-20-38-5)30-13-7-6-12-29(30)26-16-14-25(3)15-17-26/h6-7,12-17,24,27-28,33,37H,8-11,18-23H2,1-5H3,(H,34,36)/t27-,28?,32+/m1/s1. The Hall–Kier alpha value is -2.41. The van der Waals surface area contributed by atoms with Gasteiger partial charge in [0, 0.05) is 45.3 Å². The predicted molar refractivity (Wildman–Crippen MR) is 156 cm³/mol. The molecule has 1 saturated heterocycles. The molecule has 210 valence electrons. The van der Waals surface area contributed by atoms with Crippen LogP contribution in [0.15, 0.2) is 48.5 Å². The van der Waals surface area contributed by atoms with Gasteiger partial charge in [-0.25, -0.2) is 4.79 Å². The van der Waals surface area contributed by atoms with Gasteiger partial charge < -0.3 is 25.4 Å². The molecular weight excluding hydrogens is 474 g/mol. The Bertz CT molecular complexity index is 994. The van der Waals surface area contributed by atoms with Gasteiger partial charge in [0.2, 0.25) is 0 Å². The van der Waals surface area contributed by atoms with Crippen molar-refractivity contribution in [3.63, 3.8) is 0 Å². The Labute approximate surface area is 230 Å². The van der Waals surface area contributed by atoms with Crippen LogP contribution in [0.1, 0.15) is 63.5 Å². The molecule has 1 heterocycles. The van der Waals surface area contributed by atoms with E-state index in [1.54, 1.807) is 7.11 Å². The van der Waals surface area contributed by atoms with Crippen molar-refractivity contribution < 1.29 is 14.6 Å². The van der Waals surface area contributed by atoms with Crippen LogP contribution in [0.3, 0.4) is 0 Å². The van der Waals surface area contributed by atoms with Crippen LogP contribution >= 0.6 is 0 Å². The van der Waals surface area contributed by atoms with Gasteiger partial charge in [0.1, 0.15) is 0 Å². The molecule has 0 aliphatic carbocycles. The number of likely N-dealkylation sites (tertiary alicyclic amines) is 1. The highest BCUT2D eigenvalue weighted by Crippen LogP contribution is 2.43. The molecule has 1 fully saturated rings. The summed E-state index contributed by atoms with van der Waals surface area (Å²) in [6.45, 7) is 9.14. The number of piperidine rings is 1. The molecule has 1 aliphatic rings. The lowest BCUT2D eigenvalue weighted by Crippen LogP contribution is -2.54. The van der Waals surface area contributed by atoms with Crippen LogP contribution in [0.25, 0.3) is 11.1 Å². The molecule has 0 spiro atoms. The average molecular weight is 524 g/mol. The van der Waals surface area contributed by atoms with Gasteiger partial charge in [-0.3, -0.25) is 0 Å². The van der Waals surface area contributed by atoms with Gasteiger partial charge >= 0.3 is 6.03 Å². The van der Waals surface area contributed by atoms with E-state index in [4.69, 9.17) is 4.74 Å². The molecule has 0 radical (unpaired) electrons. The first-order valence-electron chi connectivity index (χ1n) is 14.4. The predicted octanol–water partition coefficient (Wildman–Crippen LogP) is 5.72. The Morgan fingerprint density at radius 1 is 1.16 bits per heavy atom. The zero-order valence-corrected chi connectivity index (χ0v) is 24.1. The molecule has 0 aromatic heterocycles. The first-order chi connectivity index (χ1) is 18.3. The van der Waals surface area contributed by atoms with E-state index in [0.29, 0.717) is 25.5 Å². The van der Waals surface area contributed by atoms with Crippen LogP contribution in [-0.4, -0.2) is 62.5 Å². The molecule has 1 aliphatic heterocycles. The van der Waals surface area contributed by atoms with Crippen LogP contribution in [-0.2, 0) is 10.3 Å². The van der Waals surface area contributed by atoms with Crippen molar-refractivity contribution >= 4 is 6.03 Å². The Balaban J connectivity index is 1.89. The van der Waals surface area contributed by atoms with Crippen molar-refractivity contribution in [2.45, 2.75) is 70.9 Å². The monoisotopic (exact) mass is 523 g/mol. The van der Waals surface area contributed by atoms with E-state index in [0.717, 1.165) is 61.9 Å². The number of rotatable bonds is 13. The van der Waals surface area contributed by atoms with E-state index in [9.17, 15) is 9.90 Å². The van der Waals surface area contributed by atoms with Crippen LogP contribution in [0.4, 0.5) is 4.79 Å². The minimum absolute atomic E-state index is 0.0239. The number of carbonyl (C=O) groups excluding carboxylic acids is 1. The molecule has 1 unspecified atom stereocenters. The first kappa shape index (κ1) is 30.1. The minimum atomic E-state index is -1.05. The summed E-state index contributed by atoms with van der Waals surface area (Å²) in [5.41, 5.74) is 3.30. The van der Waals surface area contributed by atoms with Gasteiger partial charge in [0.15, 0.2) is 0 Å². The largest absolute Gasteiger partial charge is 0.385 e. The minimum Gasteiger partial charge on any atom is -0.385 e. The number of amides is 2. The molecule has 3 rings (SSSR count). The normalized spacial score (nSPS) is 18.3. The third-order valence-corrected chi connectivity index (χ3v) is 7.83. The fraction of sp³-hybridized carbons (Fsp3) is 0.594. The van der Waals surface area contributed by atoms with E-state index in [1.165, 1.54) is 5.56 Å². The first-order valence-corrected chi connectivity index (χ1v) is 14.4. The third kappa shape index (κ3) is 8.05. The van der Waals surface area contributed by atoms with Crippen LogP contribution in [0.2, 0.25) is 0 Å². The molecule has 6 heteroatoms. The fourth-order valence-corrected chi connectivity index (χ4v) is 5.87. The van der Waals surface area contributed by atoms with E-state index >= 15 is 0 Å². The molecule has 38 heavy (non-hydrogen) atoms. The topological polar surface area (TPSA) is 73.8 Å². The summed E-state index contributed by atoms with van der Waals surface area (Å²) in [6.07, 6.45) is 5.08. The molecule has 0 bridgehead atoms. The molecule has 3 N–H and O–H groups in total. The second-order valence-corrected chi connectivity index (χ2v) is 11.4. The molecule has 3 atom stereocenters. The van der Waals surface area contributed by atoms with Gasteiger partial charge in [0.25, 0.3) is 0 Å². The highest BCUT2D eigenvalue weighted by molar-refractivity contribution is 5.75. The van der Waals surface area contributed by atoms with E-state index in [-0.39, 0.29) is 18.0 Å². The van der Waals surface area contributed by atoms with Gasteiger partial charge in [-0.1, -0.05) is 67.9 Å². The number of urea groups is 1. The zero-order valence-electron chi connectivity index (χ0n) is 24.1. The van der Waals surface area contributed by atoms with Crippen LogP contribution < -0.4 is 10.6 Å². The lowest BCUT2D eigenvalue weighted by Gasteiger charge is -2.44. The molecule has 2 aromatic carbocycles. The number of ether oxygens (including phenoxy) is 1. The quantitative estimate of drug-likeness (QED) is 0.294. The van der Waals surface area contributed by atoms with E-state index < -0.39 is 5.60 Å². The summed E-state index contributed by atoms with van der Waals surface area (Å²) >= 11 is 0. The molecule has 6 nitrogen and oxygen atoms in total. The summed E-state index contributed by atoms with van der Waals surface area (Å²) in [5, 5.41) is 19.0. The summed E-state index contributed by atoms with van der Waals surface area (Å²) in [7, 11) is 3.64. The van der Waals surface area contributed by atoms with Gasteiger partial charge in [-0.15, -0.1) is 0 Å². The number of hydrogen-bond acceptors (Lipinski definition) is 4. The maximum Gasteiger partial charge on any atom is 0.317 e. The van der Waals surface area contributed by atoms with E-state index in [2.05, 4.69) is 67.8 Å². The number of unbranched alkanes of at least 4 members (excludes halogenated alkanes) is 1. The number of aryl methyl sites for hydroxylation is 1. The van der Waals surface area contributed by atoms with E-state index in [1.807, 2.05) is 24.1 Å². The molecule has 2 amide bonds. The average Bonchev–Trinajstić information content (AvgIpc) is 2.91. The van der Waals surface area contributed by atoms with Crippen molar-refractivity contribution in [2.24, 2.45) is 11.8 Å². The van der Waals surface area contributed by atoms with Crippen molar-refractivity contribution in [1.82, 2.24) is 15.5 Å². The highest BCUT2D eigenvalue weighted by atomic mass is 16.5. The van der Waals surface area contributed by atoms with Crippen molar-refractivity contribution in [3.05, 3.63) is 59.7 Å². The van der Waals surface area contributed by atoms with Gasteiger partial charge in [-0.2, -0.15) is 0 Å². The number of likely N-dealkylation sites (N-methyl/N-ethyl adjacent to an activating group) is 1. The number of methoxy groups -OCH3 is 1. The SMILES string of the molecule is CNCC(CC(C)C)NC(=O)N1CCC[C@@H]([C@@](O)(CCCCOC)c2ccccc2-c2ccc(C)cc2)C1.